The predicted molar refractivity (Wildman–Crippen MR) is 62.7 cm³/mol. The van der Waals surface area contributed by atoms with Crippen LogP contribution in [-0.2, 0) is 0 Å². The van der Waals surface area contributed by atoms with Crippen LogP contribution in [0, 0.1) is 21.3 Å². The van der Waals surface area contributed by atoms with Crippen LogP contribution < -0.4 is 5.32 Å². The predicted octanol–water partition coefficient (Wildman–Crippen LogP) is 2.26. The van der Waals surface area contributed by atoms with Crippen LogP contribution in [0.25, 0.3) is 0 Å². The first-order chi connectivity index (χ1) is 8.31. The van der Waals surface area contributed by atoms with Crippen molar-refractivity contribution in [1.82, 2.24) is 5.32 Å². The number of carbonyl (C=O) groups is 1. The molecule has 0 heterocycles. The van der Waals surface area contributed by atoms with Gasteiger partial charge in [-0.3, -0.25) is 14.9 Å². The number of hydrogen-bond acceptors (Lipinski definition) is 3. The molecule has 1 aliphatic carbocycles. The Morgan fingerprint density at radius 1 is 1.56 bits per heavy atom. The summed E-state index contributed by atoms with van der Waals surface area (Å²) in [5.74, 6) is -1.27. The lowest BCUT2D eigenvalue weighted by Crippen LogP contribution is -2.29. The Bertz CT molecular complexity index is 528. The summed E-state index contributed by atoms with van der Waals surface area (Å²) in [6, 6.07) is 2.86. The largest absolute Gasteiger partial charge is 0.349 e. The molecule has 6 heteroatoms. The van der Waals surface area contributed by atoms with Crippen LogP contribution in [0.4, 0.5) is 10.1 Å². The summed E-state index contributed by atoms with van der Waals surface area (Å²) < 4.78 is 13.1. The van der Waals surface area contributed by atoms with Gasteiger partial charge in [-0.15, -0.1) is 0 Å². The fraction of sp³-hybridized carbons (Fsp3) is 0.417. The SMILES string of the molecule is CC1(C)CC1NC(=O)c1cc(F)ccc1[N+](=O)[O-]. The molecular formula is C12H13FN2O3. The summed E-state index contributed by atoms with van der Waals surface area (Å²) in [5, 5.41) is 13.4. The van der Waals surface area contributed by atoms with Crippen LogP contribution in [0.15, 0.2) is 18.2 Å². The monoisotopic (exact) mass is 252 g/mol. The maximum Gasteiger partial charge on any atom is 0.282 e. The van der Waals surface area contributed by atoms with Crippen molar-refractivity contribution in [3.8, 4) is 0 Å². The highest BCUT2D eigenvalue weighted by Gasteiger charge is 2.47. The number of nitrogens with zero attached hydrogens (tertiary/aromatic N) is 1. The van der Waals surface area contributed by atoms with Crippen molar-refractivity contribution in [1.29, 1.82) is 0 Å². The van der Waals surface area contributed by atoms with E-state index in [2.05, 4.69) is 5.32 Å². The van der Waals surface area contributed by atoms with Crippen molar-refractivity contribution in [2.24, 2.45) is 5.41 Å². The number of halogens is 1. The molecule has 96 valence electrons. The van der Waals surface area contributed by atoms with E-state index in [-0.39, 0.29) is 22.7 Å². The van der Waals surface area contributed by atoms with Gasteiger partial charge in [-0.2, -0.15) is 0 Å². The maximum atomic E-state index is 13.1. The zero-order valence-corrected chi connectivity index (χ0v) is 10.1. The minimum Gasteiger partial charge on any atom is -0.349 e. The van der Waals surface area contributed by atoms with Gasteiger partial charge in [-0.25, -0.2) is 4.39 Å². The summed E-state index contributed by atoms with van der Waals surface area (Å²) >= 11 is 0. The molecule has 1 unspecified atom stereocenters. The second-order valence-corrected chi connectivity index (χ2v) is 5.14. The highest BCUT2D eigenvalue weighted by molar-refractivity contribution is 5.98. The minimum absolute atomic E-state index is 0.00660. The minimum atomic E-state index is -0.688. The second-order valence-electron chi connectivity index (χ2n) is 5.14. The van der Waals surface area contributed by atoms with E-state index in [1.165, 1.54) is 0 Å². The second kappa shape index (κ2) is 4.04. The Kier molecular flexibility index (Phi) is 2.80. The van der Waals surface area contributed by atoms with Crippen LogP contribution in [0.1, 0.15) is 30.6 Å². The number of nitro benzene ring substituents is 1. The Hall–Kier alpha value is -1.98. The molecule has 1 saturated carbocycles. The molecule has 1 fully saturated rings. The summed E-state index contributed by atoms with van der Waals surface area (Å²) in [6.07, 6.45) is 0.821. The molecule has 1 N–H and O–H groups in total. The number of rotatable bonds is 3. The summed E-state index contributed by atoms with van der Waals surface area (Å²) in [4.78, 5) is 22.0. The van der Waals surface area contributed by atoms with Gasteiger partial charge in [0, 0.05) is 12.1 Å². The molecule has 0 saturated heterocycles. The highest BCUT2D eigenvalue weighted by Crippen LogP contribution is 2.44. The van der Waals surface area contributed by atoms with Gasteiger partial charge in [0.05, 0.1) is 4.92 Å². The normalized spacial score (nSPS) is 20.3. The Labute approximate surface area is 103 Å². The lowest BCUT2D eigenvalue weighted by atomic mass is 10.1. The molecule has 2 rings (SSSR count). The van der Waals surface area contributed by atoms with Crippen LogP contribution in [0.5, 0.6) is 0 Å². The molecular weight excluding hydrogens is 239 g/mol. The Morgan fingerprint density at radius 2 is 2.17 bits per heavy atom. The van der Waals surface area contributed by atoms with E-state index in [4.69, 9.17) is 0 Å². The summed E-state index contributed by atoms with van der Waals surface area (Å²) in [5.41, 5.74) is -0.604. The summed E-state index contributed by atoms with van der Waals surface area (Å²) in [7, 11) is 0. The fourth-order valence-electron chi connectivity index (χ4n) is 1.80. The van der Waals surface area contributed by atoms with Gasteiger partial charge >= 0.3 is 0 Å². The smallest absolute Gasteiger partial charge is 0.282 e. The van der Waals surface area contributed by atoms with Gasteiger partial charge in [0.2, 0.25) is 0 Å². The van der Waals surface area contributed by atoms with E-state index in [1.54, 1.807) is 0 Å². The summed E-state index contributed by atoms with van der Waals surface area (Å²) in [6.45, 7) is 3.97. The third kappa shape index (κ3) is 2.32. The molecule has 1 aromatic carbocycles. The van der Waals surface area contributed by atoms with Gasteiger partial charge in [0.15, 0.2) is 0 Å². The van der Waals surface area contributed by atoms with Gasteiger partial charge in [-0.05, 0) is 24.0 Å². The Morgan fingerprint density at radius 3 is 2.67 bits per heavy atom. The Balaban J connectivity index is 2.24. The molecule has 1 aliphatic rings. The van der Waals surface area contributed by atoms with E-state index in [0.29, 0.717) is 0 Å². The molecule has 0 bridgehead atoms. The van der Waals surface area contributed by atoms with Crippen molar-refractivity contribution in [3.63, 3.8) is 0 Å². The van der Waals surface area contributed by atoms with Crippen LogP contribution in [-0.4, -0.2) is 16.9 Å². The zero-order valence-electron chi connectivity index (χ0n) is 10.1. The lowest BCUT2D eigenvalue weighted by molar-refractivity contribution is -0.385. The van der Waals surface area contributed by atoms with E-state index < -0.39 is 16.6 Å². The average Bonchev–Trinajstić information content (AvgIpc) is 2.85. The highest BCUT2D eigenvalue weighted by atomic mass is 19.1. The number of nitrogens with one attached hydrogen (secondary N) is 1. The third-order valence-corrected chi connectivity index (χ3v) is 3.22. The molecule has 18 heavy (non-hydrogen) atoms. The topological polar surface area (TPSA) is 72.2 Å². The molecule has 1 atom stereocenters. The number of carbonyl (C=O) groups excluding carboxylic acids is 1. The van der Waals surface area contributed by atoms with Gasteiger partial charge in [-0.1, -0.05) is 13.8 Å². The van der Waals surface area contributed by atoms with Crippen molar-refractivity contribution < 1.29 is 14.1 Å². The first kappa shape index (κ1) is 12.5. The van der Waals surface area contributed by atoms with E-state index in [9.17, 15) is 19.3 Å². The number of hydrogen-bond donors (Lipinski definition) is 1. The quantitative estimate of drug-likeness (QED) is 0.662. The first-order valence-electron chi connectivity index (χ1n) is 5.56. The van der Waals surface area contributed by atoms with Crippen LogP contribution >= 0.6 is 0 Å². The molecule has 5 nitrogen and oxygen atoms in total. The lowest BCUT2D eigenvalue weighted by Gasteiger charge is -2.07. The number of amides is 1. The molecule has 0 spiro atoms. The van der Waals surface area contributed by atoms with Crippen molar-refractivity contribution in [3.05, 3.63) is 39.7 Å². The fourth-order valence-corrected chi connectivity index (χ4v) is 1.80. The standard InChI is InChI=1S/C12H13FN2O3/c1-12(2)6-10(12)14-11(16)8-5-7(13)3-4-9(8)15(17)18/h3-5,10H,6H2,1-2H3,(H,14,16). The van der Waals surface area contributed by atoms with Crippen molar-refractivity contribution in [2.75, 3.05) is 0 Å². The molecule has 0 radical (unpaired) electrons. The zero-order chi connectivity index (χ0) is 13.5. The first-order valence-corrected chi connectivity index (χ1v) is 5.56. The molecule has 0 aromatic heterocycles. The molecule has 1 amide bonds. The average molecular weight is 252 g/mol. The van der Waals surface area contributed by atoms with E-state index >= 15 is 0 Å². The molecule has 1 aromatic rings. The third-order valence-electron chi connectivity index (χ3n) is 3.22. The van der Waals surface area contributed by atoms with Gasteiger partial charge in [0.25, 0.3) is 11.6 Å². The number of benzene rings is 1. The van der Waals surface area contributed by atoms with Crippen LogP contribution in [0.2, 0.25) is 0 Å². The molecule has 0 aliphatic heterocycles. The maximum absolute atomic E-state index is 13.1. The van der Waals surface area contributed by atoms with Gasteiger partial charge in [0.1, 0.15) is 11.4 Å². The van der Waals surface area contributed by atoms with Crippen LogP contribution in [0.3, 0.4) is 0 Å². The van der Waals surface area contributed by atoms with E-state index in [1.807, 2.05) is 13.8 Å². The van der Waals surface area contributed by atoms with Gasteiger partial charge < -0.3 is 5.32 Å². The van der Waals surface area contributed by atoms with Crippen molar-refractivity contribution in [2.45, 2.75) is 26.3 Å². The van der Waals surface area contributed by atoms with Crippen molar-refractivity contribution >= 4 is 11.6 Å². The number of nitro groups is 1. The van der Waals surface area contributed by atoms with E-state index in [0.717, 1.165) is 24.6 Å².